The van der Waals surface area contributed by atoms with Crippen LogP contribution in [0.15, 0.2) is 36.4 Å². The highest BCUT2D eigenvalue weighted by molar-refractivity contribution is 6.36. The molecule has 0 radical (unpaired) electrons. The number of imidazole rings is 2. The lowest BCUT2D eigenvalue weighted by Gasteiger charge is -2.33. The van der Waals surface area contributed by atoms with Gasteiger partial charge in [-0.3, -0.25) is 19.3 Å². The van der Waals surface area contributed by atoms with Crippen LogP contribution < -0.4 is 10.6 Å². The third kappa shape index (κ3) is 6.92. The number of carbonyl (C=O) groups excluding carboxylic acids is 2. The molecule has 1 aliphatic carbocycles. The second-order valence-corrected chi connectivity index (χ2v) is 14.7. The molecule has 7 rings (SSSR count). The predicted molar refractivity (Wildman–Crippen MR) is 196 cm³/mol. The Kier molecular flexibility index (Phi) is 9.75. The molecule has 4 heterocycles. The molecule has 12 nitrogen and oxygen atoms in total. The lowest BCUT2D eigenvalue weighted by atomic mass is 9.81. The first-order chi connectivity index (χ1) is 24.5. The molecule has 0 saturated heterocycles. The number of rotatable bonds is 8. The van der Waals surface area contributed by atoms with E-state index in [4.69, 9.17) is 16.6 Å². The minimum absolute atomic E-state index is 0.212. The molecule has 1 saturated carbocycles. The predicted octanol–water partition coefficient (Wildman–Crippen LogP) is 5.52. The summed E-state index contributed by atoms with van der Waals surface area (Å²) in [5.74, 6) is -0.306. The van der Waals surface area contributed by atoms with E-state index in [-0.39, 0.29) is 17.7 Å². The van der Waals surface area contributed by atoms with Crippen LogP contribution in [0.3, 0.4) is 0 Å². The molecule has 2 aromatic carbocycles. The van der Waals surface area contributed by atoms with Crippen LogP contribution in [0.25, 0.3) is 11.1 Å². The van der Waals surface area contributed by atoms with E-state index in [9.17, 15) is 19.5 Å². The van der Waals surface area contributed by atoms with Gasteiger partial charge in [0.05, 0.1) is 28.0 Å². The largest absolute Gasteiger partial charge is 0.481 e. The maximum atomic E-state index is 13.7. The van der Waals surface area contributed by atoms with Gasteiger partial charge in [-0.05, 0) is 68.8 Å². The van der Waals surface area contributed by atoms with Crippen LogP contribution in [0.4, 0.5) is 11.4 Å². The molecule has 0 unspecified atom stereocenters. The van der Waals surface area contributed by atoms with Crippen LogP contribution in [0.1, 0.15) is 75.3 Å². The van der Waals surface area contributed by atoms with Gasteiger partial charge in [-0.25, -0.2) is 9.97 Å². The first-order valence-electron chi connectivity index (χ1n) is 17.7. The van der Waals surface area contributed by atoms with Crippen molar-refractivity contribution in [3.63, 3.8) is 0 Å². The van der Waals surface area contributed by atoms with E-state index >= 15 is 0 Å². The number of halogens is 1. The normalized spacial score (nSPS) is 19.3. The zero-order valence-electron chi connectivity index (χ0n) is 29.6. The van der Waals surface area contributed by atoms with Crippen LogP contribution >= 0.6 is 11.6 Å². The fraction of sp³-hybridized carbons (Fsp3) is 0.447. The second-order valence-electron chi connectivity index (χ2n) is 14.4. The second kappa shape index (κ2) is 14.2. The first kappa shape index (κ1) is 34.9. The molecule has 2 aliphatic heterocycles. The zero-order chi connectivity index (χ0) is 36.0. The Morgan fingerprint density at radius 3 is 2.02 bits per heavy atom. The minimum Gasteiger partial charge on any atom is -0.481 e. The van der Waals surface area contributed by atoms with Gasteiger partial charge >= 0.3 is 5.97 Å². The maximum Gasteiger partial charge on any atom is 0.306 e. The fourth-order valence-corrected chi connectivity index (χ4v) is 8.29. The summed E-state index contributed by atoms with van der Waals surface area (Å²) in [5, 5.41) is 15.8. The SMILES string of the molecule is Cc1c(NC(=O)c2nc3c(n2C)CCN(C[C@H]2CC[C@@H](C(=O)O)CC2)C3)cccc1-c1cccc(NC(=O)c2nc3c(n2C)CCN(C)C3)c1Cl. The highest BCUT2D eigenvalue weighted by Gasteiger charge is 2.31. The van der Waals surface area contributed by atoms with Crippen LogP contribution in [0.5, 0.6) is 0 Å². The van der Waals surface area contributed by atoms with Crippen LogP contribution in [-0.2, 0) is 44.8 Å². The third-order valence-corrected chi connectivity index (χ3v) is 11.4. The number of aromatic nitrogens is 4. The van der Waals surface area contributed by atoms with Crippen molar-refractivity contribution in [3.05, 3.63) is 81.4 Å². The van der Waals surface area contributed by atoms with Gasteiger partial charge in [0.2, 0.25) is 0 Å². The minimum atomic E-state index is -0.677. The molecule has 2 amide bonds. The molecule has 51 heavy (non-hydrogen) atoms. The van der Waals surface area contributed by atoms with Gasteiger partial charge < -0.3 is 29.8 Å². The lowest BCUT2D eigenvalue weighted by Crippen LogP contribution is -2.36. The average molecular weight is 713 g/mol. The molecule has 4 aromatic rings. The molecule has 0 atom stereocenters. The Morgan fingerprint density at radius 1 is 0.804 bits per heavy atom. The maximum absolute atomic E-state index is 13.7. The third-order valence-electron chi connectivity index (χ3n) is 11.0. The molecule has 3 N–H and O–H groups in total. The van der Waals surface area contributed by atoms with Gasteiger partial charge in [0.25, 0.3) is 11.8 Å². The van der Waals surface area contributed by atoms with Crippen molar-refractivity contribution in [3.8, 4) is 11.1 Å². The first-order valence-corrected chi connectivity index (χ1v) is 18.1. The van der Waals surface area contributed by atoms with Crippen molar-refractivity contribution in [1.29, 1.82) is 0 Å². The summed E-state index contributed by atoms with van der Waals surface area (Å²) in [4.78, 5) is 52.5. The molecule has 3 aliphatic rings. The summed E-state index contributed by atoms with van der Waals surface area (Å²) in [6.45, 7) is 6.05. The summed E-state index contributed by atoms with van der Waals surface area (Å²) in [7, 11) is 5.82. The smallest absolute Gasteiger partial charge is 0.306 e. The van der Waals surface area contributed by atoms with Crippen LogP contribution in [0.2, 0.25) is 5.02 Å². The number of hydrogen-bond acceptors (Lipinski definition) is 7. The zero-order valence-corrected chi connectivity index (χ0v) is 30.4. The van der Waals surface area contributed by atoms with Gasteiger partial charge in [-0.2, -0.15) is 0 Å². The number of likely N-dealkylation sites (N-methyl/N-ethyl adjacent to an activating group) is 1. The van der Waals surface area contributed by atoms with E-state index in [1.165, 1.54) is 0 Å². The number of nitrogens with one attached hydrogen (secondary N) is 2. The molecule has 13 heteroatoms. The van der Waals surface area contributed by atoms with Crippen molar-refractivity contribution in [2.45, 2.75) is 58.5 Å². The molecule has 1 fully saturated rings. The summed E-state index contributed by atoms with van der Waals surface area (Å²) < 4.78 is 3.77. The van der Waals surface area contributed by atoms with E-state index in [0.29, 0.717) is 47.1 Å². The molecule has 268 valence electrons. The van der Waals surface area contributed by atoms with E-state index in [1.807, 2.05) is 67.5 Å². The molecular weight excluding hydrogens is 668 g/mol. The topological polar surface area (TPSA) is 138 Å². The van der Waals surface area contributed by atoms with Crippen LogP contribution in [-0.4, -0.2) is 78.5 Å². The van der Waals surface area contributed by atoms with E-state index in [0.717, 1.165) is 97.6 Å². The fourth-order valence-electron chi connectivity index (χ4n) is 8.02. The number of hydrogen-bond donors (Lipinski definition) is 3. The Hall–Kier alpha value is -4.52. The summed E-state index contributed by atoms with van der Waals surface area (Å²) in [6, 6.07) is 11.2. The van der Waals surface area contributed by atoms with E-state index in [2.05, 4.69) is 25.4 Å². The Bertz CT molecular complexity index is 2010. The van der Waals surface area contributed by atoms with Crippen LogP contribution in [0, 0.1) is 18.8 Å². The number of carbonyl (C=O) groups is 3. The number of amides is 2. The summed E-state index contributed by atoms with van der Waals surface area (Å²) >= 11 is 6.95. The number of nitrogens with zero attached hydrogens (tertiary/aromatic N) is 6. The van der Waals surface area contributed by atoms with Gasteiger partial charge in [0, 0.05) is 82.3 Å². The number of fused-ring (bicyclic) bond motifs is 2. The van der Waals surface area contributed by atoms with Gasteiger partial charge in [-0.15, -0.1) is 0 Å². The highest BCUT2D eigenvalue weighted by atomic mass is 35.5. The average Bonchev–Trinajstić information content (AvgIpc) is 3.62. The van der Waals surface area contributed by atoms with Gasteiger partial charge in [-0.1, -0.05) is 35.9 Å². The summed E-state index contributed by atoms with van der Waals surface area (Å²) in [6.07, 6.45) is 5.00. The number of benzene rings is 2. The van der Waals surface area contributed by atoms with Crippen molar-refractivity contribution < 1.29 is 19.5 Å². The molecule has 2 aromatic heterocycles. The van der Waals surface area contributed by atoms with Gasteiger partial charge in [0.1, 0.15) is 0 Å². The highest BCUT2D eigenvalue weighted by Crippen LogP contribution is 2.38. The van der Waals surface area contributed by atoms with E-state index < -0.39 is 5.97 Å². The molecule has 0 bridgehead atoms. The quantitative estimate of drug-likeness (QED) is 0.217. The monoisotopic (exact) mass is 712 g/mol. The summed E-state index contributed by atoms with van der Waals surface area (Å²) in [5.41, 5.74) is 7.50. The standard InChI is InChI=1S/C38H45ClN8O4/c1-22-25(26-8-6-10-28(33(26)39)43-37(49)35-40-29-20-44(2)17-15-31(29)45(35)3)7-5-9-27(22)42-36(48)34-41-30-21-47(18-16-32(30)46(34)4)19-23-11-13-24(14-12-23)38(50)51/h5-10,23-24H,11-21H2,1-4H3,(H,42,48)(H,43,49)(H,50,51)/t23-,24+. The molecular formula is C38H45ClN8O4. The van der Waals surface area contributed by atoms with Crippen molar-refractivity contribution in [2.24, 2.45) is 25.9 Å². The van der Waals surface area contributed by atoms with Gasteiger partial charge in [0.15, 0.2) is 11.6 Å². The van der Waals surface area contributed by atoms with Crippen molar-refractivity contribution >= 4 is 40.8 Å². The Morgan fingerprint density at radius 2 is 1.37 bits per heavy atom. The number of aliphatic carboxylic acids is 1. The Balaban J connectivity index is 1.04. The number of carboxylic acids is 1. The molecule has 0 spiro atoms. The van der Waals surface area contributed by atoms with Crippen molar-refractivity contribution in [1.82, 2.24) is 28.9 Å². The Labute approximate surface area is 302 Å². The van der Waals surface area contributed by atoms with E-state index in [1.54, 1.807) is 6.07 Å². The lowest BCUT2D eigenvalue weighted by molar-refractivity contribution is -0.143. The number of anilines is 2. The van der Waals surface area contributed by atoms with Crippen molar-refractivity contribution in [2.75, 3.05) is 37.3 Å². The number of carboxylic acid groups (broad SMARTS) is 1.